The molecule has 0 radical (unpaired) electrons. The van der Waals surface area contributed by atoms with Crippen LogP contribution in [-0.4, -0.2) is 18.1 Å². The van der Waals surface area contributed by atoms with E-state index in [1.165, 1.54) is 6.07 Å². The van der Waals surface area contributed by atoms with Crippen molar-refractivity contribution in [2.24, 2.45) is 0 Å². The third kappa shape index (κ3) is 4.82. The molecule has 4 heteroatoms. The molecule has 0 spiro atoms. The maximum absolute atomic E-state index is 10.8. The molecule has 0 N–H and O–H groups in total. The Morgan fingerprint density at radius 3 is 2.00 bits per heavy atom. The van der Waals surface area contributed by atoms with Gasteiger partial charge < -0.3 is 4.74 Å². The van der Waals surface area contributed by atoms with Gasteiger partial charge in [-0.1, -0.05) is 42.5 Å². The Balaban J connectivity index is 0.000000347. The van der Waals surface area contributed by atoms with Gasteiger partial charge in [-0.05, 0) is 25.5 Å². The van der Waals surface area contributed by atoms with Crippen LogP contribution in [0, 0.1) is 10.1 Å². The van der Waals surface area contributed by atoms with Crippen LogP contribution >= 0.6 is 0 Å². The summed E-state index contributed by atoms with van der Waals surface area (Å²) in [5, 5.41) is 10.8. The molecule has 2 aromatic carbocycles. The molecular formula is C16H19NO3. The standard InChI is InChI=1S/C12H9NO2.C4H10O/c14-13(15)12-9-5-4-8-11(12)10-6-2-1-3-7-10;1-3-5-4-2/h1-9H;3-4H2,1-2H3. The van der Waals surface area contributed by atoms with Crippen LogP contribution in [-0.2, 0) is 4.74 Å². The Kier molecular flexibility index (Phi) is 7.00. The predicted molar refractivity (Wildman–Crippen MR) is 80.7 cm³/mol. The van der Waals surface area contributed by atoms with Gasteiger partial charge in [0.2, 0.25) is 0 Å². The zero-order chi connectivity index (χ0) is 14.8. The van der Waals surface area contributed by atoms with Gasteiger partial charge in [-0.25, -0.2) is 0 Å². The predicted octanol–water partition coefficient (Wildman–Crippen LogP) is 4.30. The minimum Gasteiger partial charge on any atom is -0.382 e. The second-order valence-electron chi connectivity index (χ2n) is 3.92. The molecule has 0 aliphatic heterocycles. The summed E-state index contributed by atoms with van der Waals surface area (Å²) in [6.07, 6.45) is 0. The van der Waals surface area contributed by atoms with Crippen molar-refractivity contribution >= 4 is 5.69 Å². The fourth-order valence-corrected chi connectivity index (χ4v) is 1.70. The van der Waals surface area contributed by atoms with E-state index >= 15 is 0 Å². The molecule has 0 unspecified atom stereocenters. The van der Waals surface area contributed by atoms with Gasteiger partial charge in [0.15, 0.2) is 0 Å². The van der Waals surface area contributed by atoms with E-state index in [9.17, 15) is 10.1 Å². The lowest BCUT2D eigenvalue weighted by atomic mass is 10.0. The summed E-state index contributed by atoms with van der Waals surface area (Å²) < 4.78 is 4.83. The van der Waals surface area contributed by atoms with Crippen LogP contribution in [0.4, 0.5) is 5.69 Å². The number of benzene rings is 2. The van der Waals surface area contributed by atoms with Crippen LogP contribution in [0.1, 0.15) is 13.8 Å². The number of nitro benzene ring substituents is 1. The molecule has 106 valence electrons. The Morgan fingerprint density at radius 1 is 0.950 bits per heavy atom. The summed E-state index contributed by atoms with van der Waals surface area (Å²) >= 11 is 0. The Hall–Kier alpha value is -2.20. The van der Waals surface area contributed by atoms with E-state index in [1.807, 2.05) is 44.2 Å². The van der Waals surface area contributed by atoms with E-state index in [0.717, 1.165) is 18.8 Å². The fraction of sp³-hybridized carbons (Fsp3) is 0.250. The summed E-state index contributed by atoms with van der Waals surface area (Å²) in [4.78, 5) is 10.4. The van der Waals surface area contributed by atoms with Crippen molar-refractivity contribution in [3.8, 4) is 11.1 Å². The number of hydrogen-bond acceptors (Lipinski definition) is 3. The molecule has 0 bridgehead atoms. The molecule has 0 aliphatic rings. The number of para-hydroxylation sites is 1. The zero-order valence-corrected chi connectivity index (χ0v) is 11.8. The average Bonchev–Trinajstić information content (AvgIpc) is 2.49. The molecule has 0 aliphatic carbocycles. The van der Waals surface area contributed by atoms with Crippen molar-refractivity contribution in [3.63, 3.8) is 0 Å². The molecule has 2 rings (SSSR count). The maximum Gasteiger partial charge on any atom is 0.277 e. The van der Waals surface area contributed by atoms with E-state index in [1.54, 1.807) is 18.2 Å². The summed E-state index contributed by atoms with van der Waals surface area (Å²) in [7, 11) is 0. The third-order valence-electron chi connectivity index (χ3n) is 2.59. The zero-order valence-electron chi connectivity index (χ0n) is 11.8. The van der Waals surface area contributed by atoms with E-state index in [2.05, 4.69) is 0 Å². The molecule has 20 heavy (non-hydrogen) atoms. The first-order valence-electron chi connectivity index (χ1n) is 6.57. The van der Waals surface area contributed by atoms with Crippen LogP contribution in [0.15, 0.2) is 54.6 Å². The van der Waals surface area contributed by atoms with Crippen LogP contribution in [0.25, 0.3) is 11.1 Å². The summed E-state index contributed by atoms with van der Waals surface area (Å²) in [5.74, 6) is 0. The number of hydrogen-bond donors (Lipinski definition) is 0. The van der Waals surface area contributed by atoms with Crippen molar-refractivity contribution in [3.05, 3.63) is 64.7 Å². The highest BCUT2D eigenvalue weighted by Crippen LogP contribution is 2.28. The largest absolute Gasteiger partial charge is 0.382 e. The van der Waals surface area contributed by atoms with Crippen LogP contribution < -0.4 is 0 Å². The molecule has 2 aromatic rings. The Morgan fingerprint density at radius 2 is 1.50 bits per heavy atom. The minimum absolute atomic E-state index is 0.142. The van der Waals surface area contributed by atoms with E-state index in [0.29, 0.717) is 5.56 Å². The summed E-state index contributed by atoms with van der Waals surface area (Å²) in [6.45, 7) is 5.67. The first-order chi connectivity index (χ1) is 9.70. The van der Waals surface area contributed by atoms with Gasteiger partial charge in [-0.2, -0.15) is 0 Å². The lowest BCUT2D eigenvalue weighted by Gasteiger charge is -2.01. The molecule has 0 atom stereocenters. The lowest BCUT2D eigenvalue weighted by Crippen LogP contribution is -1.90. The minimum atomic E-state index is -0.359. The van der Waals surface area contributed by atoms with Crippen molar-refractivity contribution < 1.29 is 9.66 Å². The molecular weight excluding hydrogens is 254 g/mol. The topological polar surface area (TPSA) is 52.4 Å². The van der Waals surface area contributed by atoms with Crippen molar-refractivity contribution in [2.75, 3.05) is 13.2 Å². The maximum atomic E-state index is 10.8. The third-order valence-corrected chi connectivity index (χ3v) is 2.59. The highest BCUT2D eigenvalue weighted by molar-refractivity contribution is 5.73. The van der Waals surface area contributed by atoms with Gasteiger partial charge in [0.05, 0.1) is 10.5 Å². The normalized spacial score (nSPS) is 9.50. The number of rotatable bonds is 4. The van der Waals surface area contributed by atoms with E-state index < -0.39 is 0 Å². The molecule has 0 saturated carbocycles. The first kappa shape index (κ1) is 15.9. The van der Waals surface area contributed by atoms with Gasteiger partial charge in [0.25, 0.3) is 5.69 Å². The Labute approximate surface area is 119 Å². The lowest BCUT2D eigenvalue weighted by molar-refractivity contribution is -0.384. The average molecular weight is 273 g/mol. The number of nitrogens with zero attached hydrogens (tertiary/aromatic N) is 1. The fourth-order valence-electron chi connectivity index (χ4n) is 1.70. The van der Waals surface area contributed by atoms with Crippen molar-refractivity contribution in [1.29, 1.82) is 0 Å². The summed E-state index contributed by atoms with van der Waals surface area (Å²) in [6, 6.07) is 16.1. The summed E-state index contributed by atoms with van der Waals surface area (Å²) in [5.41, 5.74) is 1.66. The van der Waals surface area contributed by atoms with Gasteiger partial charge in [0.1, 0.15) is 0 Å². The van der Waals surface area contributed by atoms with Crippen LogP contribution in [0.2, 0.25) is 0 Å². The molecule has 0 heterocycles. The first-order valence-corrected chi connectivity index (χ1v) is 6.57. The SMILES string of the molecule is CCOCC.O=[N+]([O-])c1ccccc1-c1ccccc1. The molecule has 4 nitrogen and oxygen atoms in total. The van der Waals surface area contributed by atoms with Crippen molar-refractivity contribution in [1.82, 2.24) is 0 Å². The van der Waals surface area contributed by atoms with Gasteiger partial charge >= 0.3 is 0 Å². The number of ether oxygens (including phenoxy) is 1. The molecule has 0 amide bonds. The van der Waals surface area contributed by atoms with Gasteiger partial charge in [-0.3, -0.25) is 10.1 Å². The second kappa shape index (κ2) is 8.82. The smallest absolute Gasteiger partial charge is 0.277 e. The molecule has 0 fully saturated rings. The molecule has 0 saturated heterocycles. The van der Waals surface area contributed by atoms with Gasteiger partial charge in [0, 0.05) is 19.3 Å². The number of nitro groups is 1. The molecule has 0 aromatic heterocycles. The van der Waals surface area contributed by atoms with Crippen LogP contribution in [0.3, 0.4) is 0 Å². The van der Waals surface area contributed by atoms with E-state index in [-0.39, 0.29) is 10.6 Å². The Bertz CT molecular complexity index is 524. The quantitative estimate of drug-likeness (QED) is 0.616. The monoisotopic (exact) mass is 273 g/mol. The highest BCUT2D eigenvalue weighted by Gasteiger charge is 2.12. The van der Waals surface area contributed by atoms with Crippen molar-refractivity contribution in [2.45, 2.75) is 13.8 Å². The van der Waals surface area contributed by atoms with Crippen LogP contribution in [0.5, 0.6) is 0 Å². The van der Waals surface area contributed by atoms with Gasteiger partial charge in [-0.15, -0.1) is 0 Å². The van der Waals surface area contributed by atoms with E-state index in [4.69, 9.17) is 4.74 Å². The second-order valence-corrected chi connectivity index (χ2v) is 3.92. The highest BCUT2D eigenvalue weighted by atomic mass is 16.6.